The average Bonchev–Trinajstić information content (AvgIpc) is 2.22. The van der Waals surface area contributed by atoms with Crippen LogP contribution in [0.25, 0.3) is 0 Å². The van der Waals surface area contributed by atoms with Crippen LogP contribution in [0.15, 0.2) is 0 Å². The zero-order valence-electron chi connectivity index (χ0n) is 11.1. The normalized spacial score (nSPS) is 10.2. The number of aliphatic carboxylic acids is 4. The zero-order chi connectivity index (χ0) is 15.7. The van der Waals surface area contributed by atoms with Crippen molar-refractivity contribution in [1.82, 2.24) is 9.80 Å². The molecule has 0 heterocycles. The fourth-order valence-electron chi connectivity index (χ4n) is 1.48. The molecule has 0 bridgehead atoms. The fourth-order valence-corrected chi connectivity index (χ4v) is 1.48. The van der Waals surface area contributed by atoms with Crippen molar-refractivity contribution >= 4 is 49.7 Å². The van der Waals surface area contributed by atoms with E-state index in [1.54, 1.807) is 0 Å². The van der Waals surface area contributed by atoms with Crippen molar-refractivity contribution in [3.05, 3.63) is 0 Å². The predicted molar refractivity (Wildman–Crippen MR) is 69.2 cm³/mol. The molecule has 0 aliphatic rings. The van der Waals surface area contributed by atoms with Crippen LogP contribution in [0.3, 0.4) is 0 Å². The zero-order valence-corrected chi connectivity index (χ0v) is 14.4. The summed E-state index contributed by atoms with van der Waals surface area (Å²) in [7, 11) is 0. The first-order valence-electron chi connectivity index (χ1n) is 5.52. The van der Waals surface area contributed by atoms with Gasteiger partial charge in [0.25, 0.3) is 0 Å². The first-order chi connectivity index (χ1) is 9.20. The van der Waals surface area contributed by atoms with Crippen molar-refractivity contribution in [2.75, 3.05) is 39.3 Å². The molecule has 10 nitrogen and oxygen atoms in total. The van der Waals surface area contributed by atoms with Crippen LogP contribution in [0.2, 0.25) is 0 Å². The van der Waals surface area contributed by atoms with E-state index in [4.69, 9.17) is 20.4 Å². The van der Waals surface area contributed by atoms with E-state index >= 15 is 0 Å². The summed E-state index contributed by atoms with van der Waals surface area (Å²) < 4.78 is 0. The molecule has 0 aromatic rings. The minimum Gasteiger partial charge on any atom is -0.480 e. The molecule has 0 aromatic heterocycles. The minimum atomic E-state index is -1.23. The molecule has 0 saturated carbocycles. The van der Waals surface area contributed by atoms with Crippen molar-refractivity contribution in [1.29, 1.82) is 0 Å². The molecule has 0 atom stereocenters. The van der Waals surface area contributed by atoms with Gasteiger partial charge in [0.1, 0.15) is 0 Å². The molecule has 3 radical (unpaired) electrons. The number of carbonyl (C=O) groups is 4. The Kier molecular flexibility index (Phi) is 11.9. The van der Waals surface area contributed by atoms with Gasteiger partial charge in [-0.1, -0.05) is 0 Å². The van der Waals surface area contributed by atoms with E-state index in [0.717, 1.165) is 9.80 Å². The molecule has 0 aromatic carbocycles. The largest absolute Gasteiger partial charge is 0.480 e. The molecule has 117 valence electrons. The Morgan fingerprint density at radius 2 is 0.762 bits per heavy atom. The average molecular weight is 407 g/mol. The van der Waals surface area contributed by atoms with Gasteiger partial charge in [0.15, 0.2) is 0 Å². The Balaban J connectivity index is 0. The first-order valence-corrected chi connectivity index (χ1v) is 5.52. The molecule has 0 rings (SSSR count). The van der Waals surface area contributed by atoms with Crippen LogP contribution < -0.4 is 0 Å². The molecule has 0 amide bonds. The molecule has 0 fully saturated rings. The van der Waals surface area contributed by atoms with Crippen LogP contribution in [0.4, 0.5) is 0 Å². The van der Waals surface area contributed by atoms with E-state index in [1.807, 2.05) is 0 Å². The van der Waals surface area contributed by atoms with Gasteiger partial charge in [0.2, 0.25) is 0 Å². The molecule has 0 aliphatic carbocycles. The molecule has 0 unspecified atom stereocenters. The van der Waals surface area contributed by atoms with Crippen LogP contribution in [0, 0.1) is 0 Å². The summed E-state index contributed by atoms with van der Waals surface area (Å²) in [5.41, 5.74) is 0. The van der Waals surface area contributed by atoms with Gasteiger partial charge in [-0.05, 0) is 0 Å². The van der Waals surface area contributed by atoms with Crippen LogP contribution in [0.1, 0.15) is 0 Å². The third kappa shape index (κ3) is 13.4. The second-order valence-electron chi connectivity index (χ2n) is 4.00. The maximum atomic E-state index is 10.6. The molecule has 21 heavy (non-hydrogen) atoms. The molecule has 11 heteroatoms. The Morgan fingerprint density at radius 1 is 0.571 bits per heavy atom. The third-order valence-electron chi connectivity index (χ3n) is 2.17. The van der Waals surface area contributed by atoms with Gasteiger partial charge >= 0.3 is 23.9 Å². The van der Waals surface area contributed by atoms with E-state index in [-0.39, 0.29) is 38.9 Å². The summed E-state index contributed by atoms with van der Waals surface area (Å²) in [5.74, 6) is -4.91. The van der Waals surface area contributed by atoms with Crippen LogP contribution >= 0.6 is 0 Å². The number of hydrogen-bond acceptors (Lipinski definition) is 6. The van der Waals surface area contributed by atoms with Crippen molar-refractivity contribution in [2.24, 2.45) is 0 Å². The number of rotatable bonds is 11. The number of carboxylic acid groups (broad SMARTS) is 4. The SMILES string of the molecule is O=C(O)CN(CCN(CC(=O)O)CC(=O)O)CC(=O)O.[In]. The number of carboxylic acids is 4. The Labute approximate surface area is 138 Å². The Hall–Kier alpha value is -1.33. The van der Waals surface area contributed by atoms with Crippen LogP contribution in [0.5, 0.6) is 0 Å². The van der Waals surface area contributed by atoms with Gasteiger partial charge in [0, 0.05) is 38.9 Å². The molecular weight excluding hydrogens is 391 g/mol. The van der Waals surface area contributed by atoms with E-state index in [9.17, 15) is 19.2 Å². The number of nitrogens with zero attached hydrogens (tertiary/aromatic N) is 2. The molecule has 0 aliphatic heterocycles. The van der Waals surface area contributed by atoms with Crippen molar-refractivity contribution in [3.8, 4) is 0 Å². The van der Waals surface area contributed by atoms with Crippen molar-refractivity contribution < 1.29 is 39.6 Å². The maximum absolute atomic E-state index is 10.6. The van der Waals surface area contributed by atoms with Crippen LogP contribution in [-0.4, -0.2) is 119 Å². The number of hydrogen-bond donors (Lipinski definition) is 4. The standard InChI is InChI=1S/C10H16N2O8.In/c13-7(14)3-11(4-8(15)16)1-2-12(5-9(17)18)6-10(19)20;/h1-6H2,(H,13,14)(H,15,16)(H,17,18)(H,19,20);. The fraction of sp³-hybridized carbons (Fsp3) is 0.600. The van der Waals surface area contributed by atoms with Gasteiger partial charge in [-0.2, -0.15) is 0 Å². The second kappa shape index (κ2) is 11.3. The van der Waals surface area contributed by atoms with E-state index in [1.165, 1.54) is 0 Å². The van der Waals surface area contributed by atoms with E-state index in [2.05, 4.69) is 0 Å². The minimum absolute atomic E-state index is 0. The summed E-state index contributed by atoms with van der Waals surface area (Å²) in [4.78, 5) is 44.4. The monoisotopic (exact) mass is 407 g/mol. The maximum Gasteiger partial charge on any atom is 0.317 e. The summed E-state index contributed by atoms with van der Waals surface area (Å²) in [5, 5.41) is 34.5. The van der Waals surface area contributed by atoms with Gasteiger partial charge < -0.3 is 20.4 Å². The molecule has 0 saturated heterocycles. The van der Waals surface area contributed by atoms with Crippen molar-refractivity contribution in [3.63, 3.8) is 0 Å². The quantitative estimate of drug-likeness (QED) is 0.290. The van der Waals surface area contributed by atoms with Gasteiger partial charge in [-0.3, -0.25) is 29.0 Å². The second-order valence-corrected chi connectivity index (χ2v) is 4.00. The third-order valence-corrected chi connectivity index (χ3v) is 2.17. The van der Waals surface area contributed by atoms with E-state index < -0.39 is 50.1 Å². The van der Waals surface area contributed by atoms with Gasteiger partial charge in [-0.15, -0.1) is 0 Å². The predicted octanol–water partition coefficient (Wildman–Crippen LogP) is -2.45. The first kappa shape index (κ1) is 22.0. The summed E-state index contributed by atoms with van der Waals surface area (Å²) in [6.07, 6.45) is 0. The Bertz CT molecular complexity index is 321. The van der Waals surface area contributed by atoms with Gasteiger partial charge in [0.05, 0.1) is 26.2 Å². The summed E-state index contributed by atoms with van der Waals surface area (Å²) in [6, 6.07) is 0. The van der Waals surface area contributed by atoms with Crippen LogP contribution in [-0.2, 0) is 19.2 Å². The topological polar surface area (TPSA) is 156 Å². The van der Waals surface area contributed by atoms with Crippen molar-refractivity contribution in [2.45, 2.75) is 0 Å². The molecule has 0 spiro atoms. The smallest absolute Gasteiger partial charge is 0.317 e. The van der Waals surface area contributed by atoms with E-state index in [0.29, 0.717) is 0 Å². The Morgan fingerprint density at radius 3 is 0.905 bits per heavy atom. The molecular formula is C10H16InN2O8. The summed E-state index contributed by atoms with van der Waals surface area (Å²) >= 11 is 0. The summed E-state index contributed by atoms with van der Waals surface area (Å²) in [6.45, 7) is -2.25. The molecule has 4 N–H and O–H groups in total. The van der Waals surface area contributed by atoms with Gasteiger partial charge in [-0.25, -0.2) is 0 Å².